The standard InChI is InChI=1S/C34H30F5N3O6S/c35-28-29(36)31(38)33(32(39)30(28)37)49(47,48)41(17-21-5-4-14-40-16-21)19-27(44)42(24-12-13-25(34(45)46)26(43)15-24)18-20-8-10-23(11-9-20)22-6-2-1-3-7-22/h4-5,8-16,22,43H,1-3,6-7,17-19H2,(H,45,46). The van der Waals surface area contributed by atoms with Crippen molar-refractivity contribution in [1.29, 1.82) is 0 Å². The Morgan fingerprint density at radius 2 is 1.45 bits per heavy atom. The summed E-state index contributed by atoms with van der Waals surface area (Å²) in [6, 6.07) is 13.3. The van der Waals surface area contributed by atoms with Gasteiger partial charge in [-0.3, -0.25) is 9.78 Å². The van der Waals surface area contributed by atoms with Crippen LogP contribution in [0.5, 0.6) is 5.75 Å². The van der Waals surface area contributed by atoms with Crippen LogP contribution in [0.25, 0.3) is 0 Å². The van der Waals surface area contributed by atoms with E-state index in [-0.39, 0.29) is 22.1 Å². The van der Waals surface area contributed by atoms with Gasteiger partial charge in [0.05, 0.1) is 13.1 Å². The lowest BCUT2D eigenvalue weighted by atomic mass is 9.84. The molecule has 0 spiro atoms. The number of hydrogen-bond donors (Lipinski definition) is 2. The number of amides is 1. The number of anilines is 1. The fourth-order valence-electron chi connectivity index (χ4n) is 5.80. The van der Waals surface area contributed by atoms with Gasteiger partial charge in [-0.1, -0.05) is 49.6 Å². The molecule has 49 heavy (non-hydrogen) atoms. The van der Waals surface area contributed by atoms with Gasteiger partial charge >= 0.3 is 5.97 Å². The largest absolute Gasteiger partial charge is 0.507 e. The molecule has 0 unspecified atom stereocenters. The number of nitrogens with zero attached hydrogens (tertiary/aromatic N) is 3. The molecule has 15 heteroatoms. The van der Waals surface area contributed by atoms with Gasteiger partial charge in [0.2, 0.25) is 21.7 Å². The number of pyridine rings is 1. The molecular weight excluding hydrogens is 673 g/mol. The van der Waals surface area contributed by atoms with Crippen LogP contribution in [-0.2, 0) is 27.9 Å². The highest BCUT2D eigenvalue weighted by Crippen LogP contribution is 2.34. The number of benzene rings is 3. The van der Waals surface area contributed by atoms with Crippen LogP contribution in [0.3, 0.4) is 0 Å². The summed E-state index contributed by atoms with van der Waals surface area (Å²) in [5.41, 5.74) is 1.20. The highest BCUT2D eigenvalue weighted by molar-refractivity contribution is 7.89. The number of carbonyl (C=O) groups is 2. The number of halogens is 5. The Labute approximate surface area is 278 Å². The van der Waals surface area contributed by atoms with Crippen molar-refractivity contribution in [3.8, 4) is 5.75 Å². The highest BCUT2D eigenvalue weighted by Gasteiger charge is 2.39. The SMILES string of the molecule is O=C(O)c1ccc(N(Cc2ccc(C3CCCCC3)cc2)C(=O)CN(Cc2cccnc2)S(=O)(=O)c2c(F)c(F)c(F)c(F)c2F)cc1O. The molecule has 258 valence electrons. The third-order valence-electron chi connectivity index (χ3n) is 8.38. The number of aromatic carboxylic acids is 1. The third-order valence-corrected chi connectivity index (χ3v) is 10.2. The molecule has 1 aliphatic carbocycles. The number of phenols is 1. The number of hydrogen-bond acceptors (Lipinski definition) is 6. The van der Waals surface area contributed by atoms with Gasteiger partial charge in [0.1, 0.15) is 11.3 Å². The Morgan fingerprint density at radius 3 is 2.02 bits per heavy atom. The molecule has 1 aliphatic rings. The average molecular weight is 704 g/mol. The van der Waals surface area contributed by atoms with Crippen molar-refractivity contribution in [2.24, 2.45) is 0 Å². The molecule has 1 saturated carbocycles. The first kappa shape index (κ1) is 35.4. The maximum Gasteiger partial charge on any atom is 0.339 e. The van der Waals surface area contributed by atoms with Gasteiger partial charge in [0.15, 0.2) is 28.2 Å². The number of carboxylic acids is 1. The molecule has 0 aliphatic heterocycles. The minimum Gasteiger partial charge on any atom is -0.507 e. The van der Waals surface area contributed by atoms with E-state index in [0.717, 1.165) is 54.7 Å². The number of aromatic hydroxyl groups is 1. The van der Waals surface area contributed by atoms with Crippen LogP contribution in [0, 0.1) is 29.1 Å². The van der Waals surface area contributed by atoms with E-state index in [9.17, 15) is 50.2 Å². The number of rotatable bonds is 11. The molecule has 0 atom stereocenters. The summed E-state index contributed by atoms with van der Waals surface area (Å²) in [7, 11) is -5.62. The van der Waals surface area contributed by atoms with Crippen molar-refractivity contribution >= 4 is 27.6 Å². The Balaban J connectivity index is 1.55. The van der Waals surface area contributed by atoms with Gasteiger partial charge in [0.25, 0.3) is 0 Å². The molecular formula is C34H30F5N3O6S. The number of aromatic nitrogens is 1. The van der Waals surface area contributed by atoms with Crippen LogP contribution in [0.2, 0.25) is 0 Å². The average Bonchev–Trinajstić information content (AvgIpc) is 3.09. The summed E-state index contributed by atoms with van der Waals surface area (Å²) in [6.07, 6.45) is 7.96. The smallest absolute Gasteiger partial charge is 0.339 e. The van der Waals surface area contributed by atoms with Crippen LogP contribution in [0.15, 0.2) is 71.9 Å². The molecule has 0 bridgehead atoms. The van der Waals surface area contributed by atoms with Crippen molar-refractivity contribution in [3.63, 3.8) is 0 Å². The Bertz CT molecular complexity index is 1950. The predicted molar refractivity (Wildman–Crippen MR) is 167 cm³/mol. The maximum absolute atomic E-state index is 14.9. The van der Waals surface area contributed by atoms with Crippen molar-refractivity contribution in [2.45, 2.75) is 56.0 Å². The summed E-state index contributed by atoms with van der Waals surface area (Å²) in [6.45, 7) is -2.19. The van der Waals surface area contributed by atoms with E-state index in [1.165, 1.54) is 30.6 Å². The van der Waals surface area contributed by atoms with E-state index in [2.05, 4.69) is 4.98 Å². The lowest BCUT2D eigenvalue weighted by Gasteiger charge is -2.28. The van der Waals surface area contributed by atoms with Gasteiger partial charge in [-0.25, -0.2) is 35.2 Å². The van der Waals surface area contributed by atoms with Crippen LogP contribution in [0.4, 0.5) is 27.6 Å². The van der Waals surface area contributed by atoms with Crippen LogP contribution in [-0.4, -0.2) is 46.3 Å². The van der Waals surface area contributed by atoms with E-state index in [1.54, 1.807) is 12.1 Å². The molecule has 5 rings (SSSR count). The van der Waals surface area contributed by atoms with Crippen LogP contribution < -0.4 is 4.90 Å². The zero-order chi connectivity index (χ0) is 35.5. The summed E-state index contributed by atoms with van der Waals surface area (Å²) >= 11 is 0. The molecule has 1 amide bonds. The quantitative estimate of drug-likeness (QED) is 0.102. The monoisotopic (exact) mass is 703 g/mol. The van der Waals surface area contributed by atoms with Crippen LogP contribution in [0.1, 0.15) is 65.1 Å². The number of sulfonamides is 1. The molecule has 0 saturated heterocycles. The number of carbonyl (C=O) groups excluding carboxylic acids is 1. The van der Waals surface area contributed by atoms with Crippen molar-refractivity contribution in [1.82, 2.24) is 9.29 Å². The third kappa shape index (κ3) is 7.57. The first-order valence-electron chi connectivity index (χ1n) is 15.2. The molecule has 4 aromatic rings. The highest BCUT2D eigenvalue weighted by atomic mass is 32.2. The predicted octanol–water partition coefficient (Wildman–Crippen LogP) is 6.65. The second-order valence-corrected chi connectivity index (χ2v) is 13.5. The van der Waals surface area contributed by atoms with E-state index in [4.69, 9.17) is 0 Å². The van der Waals surface area contributed by atoms with Crippen molar-refractivity contribution in [2.75, 3.05) is 11.4 Å². The normalized spacial score (nSPS) is 13.8. The van der Waals surface area contributed by atoms with E-state index >= 15 is 0 Å². The summed E-state index contributed by atoms with van der Waals surface area (Å²) in [4.78, 5) is 28.3. The van der Waals surface area contributed by atoms with Gasteiger partial charge < -0.3 is 15.1 Å². The minimum absolute atomic E-state index is 0.0705. The fraction of sp³-hybridized carbons (Fsp3) is 0.265. The molecule has 9 nitrogen and oxygen atoms in total. The minimum atomic E-state index is -5.62. The molecule has 1 aromatic heterocycles. The van der Waals surface area contributed by atoms with Crippen molar-refractivity contribution < 1.29 is 50.2 Å². The first-order chi connectivity index (χ1) is 23.3. The zero-order valence-electron chi connectivity index (χ0n) is 25.8. The summed E-state index contributed by atoms with van der Waals surface area (Å²) in [5, 5.41) is 19.8. The van der Waals surface area contributed by atoms with Gasteiger partial charge in [0, 0.05) is 30.7 Å². The second-order valence-electron chi connectivity index (χ2n) is 11.6. The summed E-state index contributed by atoms with van der Waals surface area (Å²) < 4.78 is 99.5. The Morgan fingerprint density at radius 1 is 0.816 bits per heavy atom. The number of carboxylic acid groups (broad SMARTS) is 1. The summed E-state index contributed by atoms with van der Waals surface area (Å²) in [5.74, 6) is -15.6. The lowest BCUT2D eigenvalue weighted by Crippen LogP contribution is -2.43. The van der Waals surface area contributed by atoms with Gasteiger partial charge in [-0.15, -0.1) is 0 Å². The van der Waals surface area contributed by atoms with Crippen molar-refractivity contribution in [3.05, 3.63) is 118 Å². The molecule has 0 radical (unpaired) electrons. The van der Waals surface area contributed by atoms with Gasteiger partial charge in [-0.2, -0.15) is 4.31 Å². The Kier molecular flexibility index (Phi) is 10.6. The van der Waals surface area contributed by atoms with Gasteiger partial charge in [-0.05, 0) is 53.6 Å². The van der Waals surface area contributed by atoms with E-state index in [1.807, 2.05) is 12.1 Å². The zero-order valence-corrected chi connectivity index (χ0v) is 26.6. The fourth-order valence-corrected chi connectivity index (χ4v) is 7.29. The van der Waals surface area contributed by atoms with Crippen LogP contribution >= 0.6 is 0 Å². The van der Waals surface area contributed by atoms with E-state index in [0.29, 0.717) is 11.5 Å². The molecule has 1 fully saturated rings. The maximum atomic E-state index is 14.9. The molecule has 2 N–H and O–H groups in total. The molecule has 1 heterocycles. The second kappa shape index (κ2) is 14.7. The van der Waals surface area contributed by atoms with E-state index < -0.39 is 80.3 Å². The lowest BCUT2D eigenvalue weighted by molar-refractivity contribution is -0.119. The molecule has 3 aromatic carbocycles. The first-order valence-corrected chi connectivity index (χ1v) is 16.6. The Hall–Kier alpha value is -4.89. The topological polar surface area (TPSA) is 128 Å².